The predicted molar refractivity (Wildman–Crippen MR) is 139 cm³/mol. The molecule has 1 fully saturated rings. The summed E-state index contributed by atoms with van der Waals surface area (Å²) in [7, 11) is 0. The van der Waals surface area contributed by atoms with Gasteiger partial charge in [0.25, 0.3) is 11.8 Å². The van der Waals surface area contributed by atoms with Gasteiger partial charge in [-0.2, -0.15) is 18.4 Å². The molecule has 200 valence electrons. The first-order valence-electron chi connectivity index (χ1n) is 11.6. The highest BCUT2D eigenvalue weighted by atomic mass is 32.1. The summed E-state index contributed by atoms with van der Waals surface area (Å²) in [6.07, 6.45) is -3.35. The summed E-state index contributed by atoms with van der Waals surface area (Å²) < 4.78 is 55.7. The Bertz CT molecular complexity index is 1550. The molecule has 1 aliphatic heterocycles. The normalized spacial score (nSPS) is 14.9. The van der Waals surface area contributed by atoms with E-state index in [1.807, 2.05) is 0 Å². The lowest BCUT2D eigenvalue weighted by molar-refractivity contribution is -0.137. The number of alkyl halides is 3. The van der Waals surface area contributed by atoms with Crippen molar-refractivity contribution in [2.24, 2.45) is 0 Å². The van der Waals surface area contributed by atoms with E-state index in [0.29, 0.717) is 11.6 Å². The molecule has 39 heavy (non-hydrogen) atoms. The van der Waals surface area contributed by atoms with Crippen LogP contribution < -0.4 is 15.1 Å². The van der Waals surface area contributed by atoms with Gasteiger partial charge >= 0.3 is 6.18 Å². The van der Waals surface area contributed by atoms with Crippen LogP contribution in [0.2, 0.25) is 0 Å². The molecule has 1 saturated heterocycles. The van der Waals surface area contributed by atoms with Gasteiger partial charge in [0.15, 0.2) is 5.11 Å². The summed E-state index contributed by atoms with van der Waals surface area (Å²) >= 11 is 5.48. The SMILES string of the molecule is Cc1cccnc1C(=O)NCc1ccc(N2C(=S)N(c3ccc(C#N)c(C(F)(F)F)c3)C(=O)C2(C)C)cc1F. The molecule has 0 spiro atoms. The van der Waals surface area contributed by atoms with Gasteiger partial charge in [-0.25, -0.2) is 4.39 Å². The molecule has 0 aliphatic carbocycles. The van der Waals surface area contributed by atoms with E-state index in [4.69, 9.17) is 17.5 Å². The molecule has 4 rings (SSSR count). The summed E-state index contributed by atoms with van der Waals surface area (Å²) in [4.78, 5) is 32.1. The van der Waals surface area contributed by atoms with Crippen molar-refractivity contribution in [1.29, 1.82) is 5.26 Å². The number of aromatic nitrogens is 1. The molecule has 1 aliphatic rings. The molecule has 2 heterocycles. The van der Waals surface area contributed by atoms with Crippen LogP contribution in [0.4, 0.5) is 28.9 Å². The highest BCUT2D eigenvalue weighted by Crippen LogP contribution is 2.39. The fourth-order valence-electron chi connectivity index (χ4n) is 4.26. The summed E-state index contributed by atoms with van der Waals surface area (Å²) in [5.41, 5.74) is -2.11. The minimum absolute atomic E-state index is 0.134. The van der Waals surface area contributed by atoms with Crippen molar-refractivity contribution in [2.45, 2.75) is 39.0 Å². The number of hydrogen-bond acceptors (Lipinski definition) is 5. The van der Waals surface area contributed by atoms with Crippen LogP contribution in [0.1, 0.15) is 46.6 Å². The average Bonchev–Trinajstić information content (AvgIpc) is 3.05. The number of nitrogens with one attached hydrogen (secondary N) is 1. The average molecular weight is 556 g/mol. The van der Waals surface area contributed by atoms with E-state index < -0.39 is 40.5 Å². The van der Waals surface area contributed by atoms with Crippen LogP contribution in [0, 0.1) is 24.1 Å². The van der Waals surface area contributed by atoms with E-state index in [0.717, 1.165) is 17.0 Å². The third kappa shape index (κ3) is 5.05. The van der Waals surface area contributed by atoms with E-state index in [1.165, 1.54) is 49.2 Å². The Morgan fingerprint density at radius 2 is 1.85 bits per heavy atom. The van der Waals surface area contributed by atoms with E-state index in [-0.39, 0.29) is 34.3 Å². The summed E-state index contributed by atoms with van der Waals surface area (Å²) in [6, 6.07) is 11.8. The van der Waals surface area contributed by atoms with Crippen molar-refractivity contribution in [3.05, 3.63) is 88.5 Å². The Morgan fingerprint density at radius 1 is 1.15 bits per heavy atom. The molecular weight excluding hydrogens is 534 g/mol. The highest BCUT2D eigenvalue weighted by molar-refractivity contribution is 7.81. The zero-order valence-corrected chi connectivity index (χ0v) is 21.7. The van der Waals surface area contributed by atoms with Crippen molar-refractivity contribution in [3.8, 4) is 6.07 Å². The number of halogens is 4. The zero-order chi connectivity index (χ0) is 28.7. The number of nitriles is 1. The van der Waals surface area contributed by atoms with E-state index in [1.54, 1.807) is 19.1 Å². The third-order valence-electron chi connectivity index (χ3n) is 6.31. The van der Waals surface area contributed by atoms with Crippen LogP contribution >= 0.6 is 12.2 Å². The van der Waals surface area contributed by atoms with Gasteiger partial charge in [-0.05, 0) is 75.0 Å². The van der Waals surface area contributed by atoms with E-state index in [9.17, 15) is 22.8 Å². The van der Waals surface area contributed by atoms with Crippen molar-refractivity contribution >= 4 is 40.5 Å². The Hall–Kier alpha value is -4.37. The molecule has 0 bridgehead atoms. The van der Waals surface area contributed by atoms with Crippen LogP contribution in [0.25, 0.3) is 0 Å². The third-order valence-corrected chi connectivity index (χ3v) is 6.68. The lowest BCUT2D eigenvalue weighted by Crippen LogP contribution is -2.44. The van der Waals surface area contributed by atoms with Crippen molar-refractivity contribution in [3.63, 3.8) is 0 Å². The number of hydrogen-bond donors (Lipinski definition) is 1. The molecule has 12 heteroatoms. The first-order chi connectivity index (χ1) is 18.3. The maximum Gasteiger partial charge on any atom is 0.417 e. The molecule has 0 unspecified atom stereocenters. The molecule has 0 radical (unpaired) electrons. The fraction of sp³-hybridized carbons (Fsp3) is 0.222. The molecule has 0 atom stereocenters. The van der Waals surface area contributed by atoms with Gasteiger partial charge < -0.3 is 10.2 Å². The zero-order valence-electron chi connectivity index (χ0n) is 20.9. The number of benzene rings is 2. The summed E-state index contributed by atoms with van der Waals surface area (Å²) in [5.74, 6) is -1.79. The molecular formula is C27H21F4N5O2S. The first kappa shape index (κ1) is 27.7. The van der Waals surface area contributed by atoms with Crippen LogP contribution in [-0.4, -0.2) is 27.4 Å². The molecule has 7 nitrogen and oxygen atoms in total. The van der Waals surface area contributed by atoms with E-state index in [2.05, 4.69) is 10.3 Å². The predicted octanol–water partition coefficient (Wildman–Crippen LogP) is 5.27. The van der Waals surface area contributed by atoms with Gasteiger partial charge in [0.1, 0.15) is 17.1 Å². The second-order valence-corrected chi connectivity index (χ2v) is 9.65. The number of amides is 2. The quantitative estimate of drug-likeness (QED) is 0.341. The molecule has 1 aromatic heterocycles. The van der Waals surface area contributed by atoms with Gasteiger partial charge in [0.05, 0.1) is 22.9 Å². The standard InChI is InChI=1S/C27H21F4N5O2S/c1-15-5-4-10-33-22(15)23(37)34-14-17-7-9-19(12-21(17)28)36-25(39)35(24(38)26(36,2)3)18-8-6-16(13-32)20(11-18)27(29,30)31/h4-12H,14H2,1-3H3,(H,34,37). The van der Waals surface area contributed by atoms with Gasteiger partial charge in [0, 0.05) is 24.0 Å². The Labute approximate surface area is 226 Å². The largest absolute Gasteiger partial charge is 0.417 e. The van der Waals surface area contributed by atoms with Crippen LogP contribution in [0.5, 0.6) is 0 Å². The maximum atomic E-state index is 15.1. The van der Waals surface area contributed by atoms with Gasteiger partial charge in [-0.3, -0.25) is 19.5 Å². The van der Waals surface area contributed by atoms with Crippen LogP contribution in [0.3, 0.4) is 0 Å². The molecule has 1 N–H and O–H groups in total. The number of pyridine rings is 1. The minimum Gasteiger partial charge on any atom is -0.347 e. The first-order valence-corrected chi connectivity index (χ1v) is 12.0. The van der Waals surface area contributed by atoms with Crippen LogP contribution in [-0.2, 0) is 17.5 Å². The number of aryl methyl sites for hydroxylation is 1. The molecule has 0 saturated carbocycles. The lowest BCUT2D eigenvalue weighted by atomic mass is 10.0. The van der Waals surface area contributed by atoms with Crippen LogP contribution in [0.15, 0.2) is 54.7 Å². The van der Waals surface area contributed by atoms with Gasteiger partial charge in [-0.1, -0.05) is 12.1 Å². The number of anilines is 2. The lowest BCUT2D eigenvalue weighted by Gasteiger charge is -2.29. The Kier molecular flexibility index (Phi) is 7.14. The number of thiocarbonyl (C=S) groups is 1. The Balaban J connectivity index is 1.61. The van der Waals surface area contributed by atoms with Crippen molar-refractivity contribution in [1.82, 2.24) is 10.3 Å². The second kappa shape index (κ2) is 10.1. The smallest absolute Gasteiger partial charge is 0.347 e. The minimum atomic E-state index is -4.83. The number of rotatable bonds is 5. The summed E-state index contributed by atoms with van der Waals surface area (Å²) in [5, 5.41) is 11.5. The second-order valence-electron chi connectivity index (χ2n) is 9.28. The monoisotopic (exact) mass is 555 g/mol. The van der Waals surface area contributed by atoms with Gasteiger partial charge in [0.2, 0.25) is 0 Å². The van der Waals surface area contributed by atoms with Crippen molar-refractivity contribution < 1.29 is 27.2 Å². The van der Waals surface area contributed by atoms with Crippen molar-refractivity contribution in [2.75, 3.05) is 9.80 Å². The topological polar surface area (TPSA) is 89.3 Å². The number of nitrogens with zero attached hydrogens (tertiary/aromatic N) is 4. The molecule has 3 aromatic rings. The molecule has 2 amide bonds. The molecule has 2 aromatic carbocycles. The highest BCUT2D eigenvalue weighted by Gasteiger charge is 2.50. The van der Waals surface area contributed by atoms with E-state index >= 15 is 4.39 Å². The maximum absolute atomic E-state index is 15.1. The van der Waals surface area contributed by atoms with Gasteiger partial charge in [-0.15, -0.1) is 0 Å². The Morgan fingerprint density at radius 3 is 2.46 bits per heavy atom. The summed E-state index contributed by atoms with van der Waals surface area (Å²) in [6.45, 7) is 4.62. The fourth-order valence-corrected chi connectivity index (χ4v) is 4.78. The number of carbonyl (C=O) groups is 2. The number of carbonyl (C=O) groups excluding carboxylic acids is 2.